The summed E-state index contributed by atoms with van der Waals surface area (Å²) in [7, 11) is 0. The Labute approximate surface area is 198 Å². The highest BCUT2D eigenvalue weighted by atomic mass is 16.5. The van der Waals surface area contributed by atoms with Crippen LogP contribution < -0.4 is 20.1 Å². The van der Waals surface area contributed by atoms with E-state index in [0.717, 1.165) is 0 Å². The van der Waals surface area contributed by atoms with E-state index >= 15 is 0 Å². The molecule has 0 bridgehead atoms. The molecule has 0 aromatic heterocycles. The molecule has 0 radical (unpaired) electrons. The molecule has 0 fully saturated rings. The maximum atomic E-state index is 12.3. The molecule has 180 valence electrons. The van der Waals surface area contributed by atoms with Gasteiger partial charge in [-0.15, -0.1) is 0 Å². The molecule has 0 aliphatic carbocycles. The lowest BCUT2D eigenvalue weighted by Gasteiger charge is -2.16. The van der Waals surface area contributed by atoms with Crippen LogP contribution in [0, 0.1) is 0 Å². The highest BCUT2D eigenvalue weighted by Gasteiger charge is 2.16. The number of rotatable bonds is 12. The second-order valence-corrected chi connectivity index (χ2v) is 8.90. The average molecular weight is 455 g/mol. The summed E-state index contributed by atoms with van der Waals surface area (Å²) in [4.78, 5) is 24.5. The van der Waals surface area contributed by atoms with Gasteiger partial charge in [0.1, 0.15) is 11.5 Å². The Morgan fingerprint density at radius 1 is 0.636 bits per heavy atom. The molecule has 2 unspecified atom stereocenters. The highest BCUT2D eigenvalue weighted by Crippen LogP contribution is 2.20. The van der Waals surface area contributed by atoms with E-state index < -0.39 is 12.2 Å². The van der Waals surface area contributed by atoms with Gasteiger partial charge in [0.15, 0.2) is 12.2 Å². The van der Waals surface area contributed by atoms with Crippen molar-refractivity contribution in [2.45, 2.75) is 72.0 Å². The molecule has 2 rings (SSSR count). The number of ether oxygens (including phenoxy) is 2. The van der Waals surface area contributed by atoms with Crippen molar-refractivity contribution in [3.05, 3.63) is 59.7 Å². The van der Waals surface area contributed by atoms with Crippen LogP contribution in [0.15, 0.2) is 48.5 Å². The molecule has 2 N–H and O–H groups in total. The van der Waals surface area contributed by atoms with Gasteiger partial charge in [0.05, 0.1) is 0 Å². The first kappa shape index (κ1) is 26.2. The van der Waals surface area contributed by atoms with Gasteiger partial charge in [-0.1, -0.05) is 52.0 Å². The van der Waals surface area contributed by atoms with Crippen LogP contribution in [-0.4, -0.2) is 37.1 Å². The molecule has 0 aliphatic heterocycles. The van der Waals surface area contributed by atoms with Crippen molar-refractivity contribution in [2.24, 2.45) is 0 Å². The van der Waals surface area contributed by atoms with Gasteiger partial charge in [-0.3, -0.25) is 9.59 Å². The minimum Gasteiger partial charge on any atom is -0.481 e. The van der Waals surface area contributed by atoms with E-state index in [2.05, 4.69) is 38.3 Å². The molecular formula is C27H38N2O4. The zero-order chi connectivity index (χ0) is 24.4. The monoisotopic (exact) mass is 454 g/mol. The molecule has 2 aromatic rings. The number of benzene rings is 2. The van der Waals surface area contributed by atoms with E-state index in [0.29, 0.717) is 42.8 Å². The lowest BCUT2D eigenvalue weighted by Crippen LogP contribution is -2.39. The Balaban J connectivity index is 1.64. The minimum absolute atomic E-state index is 0.184. The van der Waals surface area contributed by atoms with Crippen molar-refractivity contribution in [3.63, 3.8) is 0 Å². The molecule has 0 saturated heterocycles. The maximum absolute atomic E-state index is 12.3. The van der Waals surface area contributed by atoms with Gasteiger partial charge in [-0.25, -0.2) is 0 Å². The summed E-state index contributed by atoms with van der Waals surface area (Å²) in [6.45, 7) is 12.9. The smallest absolute Gasteiger partial charge is 0.260 e. The summed E-state index contributed by atoms with van der Waals surface area (Å²) in [5.41, 5.74) is 2.45. The van der Waals surface area contributed by atoms with Crippen molar-refractivity contribution < 1.29 is 19.1 Å². The lowest BCUT2D eigenvalue weighted by atomic mass is 10.0. The van der Waals surface area contributed by atoms with E-state index in [1.807, 2.05) is 48.5 Å². The summed E-state index contributed by atoms with van der Waals surface area (Å²) >= 11 is 0. The fraction of sp³-hybridized carbons (Fsp3) is 0.481. The fourth-order valence-corrected chi connectivity index (χ4v) is 3.18. The van der Waals surface area contributed by atoms with Gasteiger partial charge < -0.3 is 20.1 Å². The van der Waals surface area contributed by atoms with Crippen molar-refractivity contribution in [1.82, 2.24) is 10.6 Å². The Morgan fingerprint density at radius 3 is 1.27 bits per heavy atom. The Bertz CT molecular complexity index is 802. The van der Waals surface area contributed by atoms with Gasteiger partial charge in [0.2, 0.25) is 0 Å². The molecule has 2 aromatic carbocycles. The normalized spacial score (nSPS) is 12.8. The quantitative estimate of drug-likeness (QED) is 0.452. The highest BCUT2D eigenvalue weighted by molar-refractivity contribution is 5.81. The predicted octanol–water partition coefficient (Wildman–Crippen LogP) is 4.79. The van der Waals surface area contributed by atoms with Crippen molar-refractivity contribution in [2.75, 3.05) is 13.1 Å². The van der Waals surface area contributed by atoms with E-state index in [4.69, 9.17) is 9.47 Å². The van der Waals surface area contributed by atoms with Crippen LogP contribution >= 0.6 is 0 Å². The average Bonchev–Trinajstić information content (AvgIpc) is 2.79. The number of nitrogens with one attached hydrogen (secondary N) is 2. The van der Waals surface area contributed by atoms with Crippen LogP contribution in [0.25, 0.3) is 0 Å². The Kier molecular flexibility index (Phi) is 10.2. The van der Waals surface area contributed by atoms with Gasteiger partial charge in [0, 0.05) is 13.1 Å². The zero-order valence-electron chi connectivity index (χ0n) is 20.7. The first-order valence-electron chi connectivity index (χ1n) is 11.8. The van der Waals surface area contributed by atoms with E-state index in [1.165, 1.54) is 11.1 Å². The number of hydrogen-bond donors (Lipinski definition) is 2. The molecular weight excluding hydrogens is 416 g/mol. The third-order valence-electron chi connectivity index (χ3n) is 5.41. The standard InChI is InChI=1S/C27H38N2O4/c1-18(2)22-8-12-24(13-9-22)32-20(5)26(30)28-16-7-17-29-27(31)21(6)33-25-14-10-23(11-15-25)19(3)4/h8-15,18-21H,7,16-17H2,1-6H3,(H,28,30)(H,29,31). The number of carbonyl (C=O) groups excluding carboxylic acids is 2. The molecule has 2 atom stereocenters. The Hall–Kier alpha value is -3.02. The van der Waals surface area contributed by atoms with Crippen molar-refractivity contribution in [1.29, 1.82) is 0 Å². The maximum Gasteiger partial charge on any atom is 0.260 e. The lowest BCUT2D eigenvalue weighted by molar-refractivity contribution is -0.127. The summed E-state index contributed by atoms with van der Waals surface area (Å²) in [6.07, 6.45) is -0.580. The van der Waals surface area contributed by atoms with E-state index in [1.54, 1.807) is 13.8 Å². The minimum atomic E-state index is -0.597. The van der Waals surface area contributed by atoms with Crippen LogP contribution in [0.3, 0.4) is 0 Å². The number of hydrogen-bond acceptors (Lipinski definition) is 4. The second kappa shape index (κ2) is 12.9. The molecule has 0 aliphatic rings. The topological polar surface area (TPSA) is 76.7 Å². The van der Waals surface area contributed by atoms with Gasteiger partial charge in [0.25, 0.3) is 11.8 Å². The van der Waals surface area contributed by atoms with Crippen LogP contribution in [0.2, 0.25) is 0 Å². The van der Waals surface area contributed by atoms with E-state index in [-0.39, 0.29) is 11.8 Å². The van der Waals surface area contributed by atoms with Gasteiger partial charge >= 0.3 is 0 Å². The van der Waals surface area contributed by atoms with Gasteiger partial charge in [-0.2, -0.15) is 0 Å². The largest absolute Gasteiger partial charge is 0.481 e. The summed E-state index contributed by atoms with van der Waals surface area (Å²) < 4.78 is 11.4. The Morgan fingerprint density at radius 2 is 0.970 bits per heavy atom. The first-order chi connectivity index (χ1) is 15.7. The van der Waals surface area contributed by atoms with Crippen LogP contribution in [0.5, 0.6) is 11.5 Å². The van der Waals surface area contributed by atoms with Crippen molar-refractivity contribution >= 4 is 11.8 Å². The third kappa shape index (κ3) is 8.79. The molecule has 6 heteroatoms. The first-order valence-corrected chi connectivity index (χ1v) is 11.8. The van der Waals surface area contributed by atoms with E-state index in [9.17, 15) is 9.59 Å². The molecule has 2 amide bonds. The zero-order valence-corrected chi connectivity index (χ0v) is 20.7. The molecule has 0 heterocycles. The summed E-state index contributed by atoms with van der Waals surface area (Å²) in [5, 5.41) is 5.69. The number of amides is 2. The second-order valence-electron chi connectivity index (χ2n) is 8.90. The van der Waals surface area contributed by atoms with Crippen LogP contribution in [0.4, 0.5) is 0 Å². The molecule has 0 spiro atoms. The predicted molar refractivity (Wildman–Crippen MR) is 132 cm³/mol. The summed E-state index contributed by atoms with van der Waals surface area (Å²) in [5.74, 6) is 1.87. The SMILES string of the molecule is CC(Oc1ccc(C(C)C)cc1)C(=O)NCCCNC(=O)C(C)Oc1ccc(C(C)C)cc1. The fourth-order valence-electron chi connectivity index (χ4n) is 3.18. The summed E-state index contributed by atoms with van der Waals surface area (Å²) in [6, 6.07) is 15.6. The third-order valence-corrected chi connectivity index (χ3v) is 5.41. The van der Waals surface area contributed by atoms with Gasteiger partial charge in [-0.05, 0) is 67.5 Å². The molecule has 6 nitrogen and oxygen atoms in total. The molecule has 33 heavy (non-hydrogen) atoms. The molecule has 0 saturated carbocycles. The van der Waals surface area contributed by atoms with Crippen LogP contribution in [0.1, 0.15) is 70.9 Å². The van der Waals surface area contributed by atoms with Crippen molar-refractivity contribution in [3.8, 4) is 11.5 Å². The van der Waals surface area contributed by atoms with Crippen LogP contribution in [-0.2, 0) is 9.59 Å². The number of carbonyl (C=O) groups is 2.